The summed E-state index contributed by atoms with van der Waals surface area (Å²) in [5.74, 6) is 0.903. The highest BCUT2D eigenvalue weighted by Gasteiger charge is 2.61. The molecule has 0 radical (unpaired) electrons. The van der Waals surface area contributed by atoms with Gasteiger partial charge in [-0.25, -0.2) is 0 Å². The zero-order valence-corrected chi connectivity index (χ0v) is 13.0. The Morgan fingerprint density at radius 3 is 2.42 bits per heavy atom. The van der Waals surface area contributed by atoms with Gasteiger partial charge in [-0.2, -0.15) is 0 Å². The minimum absolute atomic E-state index is 0.453. The molecule has 1 aromatic carbocycles. The van der Waals surface area contributed by atoms with Crippen molar-refractivity contribution in [3.63, 3.8) is 0 Å². The van der Waals surface area contributed by atoms with E-state index in [1.807, 2.05) is 0 Å². The summed E-state index contributed by atoms with van der Waals surface area (Å²) in [6, 6.07) is 7.40. The quantitative estimate of drug-likeness (QED) is 0.792. The lowest BCUT2D eigenvalue weighted by Crippen LogP contribution is -2.40. The summed E-state index contributed by atoms with van der Waals surface area (Å²) in [5.41, 5.74) is 5.00. The van der Waals surface area contributed by atoms with Gasteiger partial charge < -0.3 is 5.32 Å². The molecule has 1 aromatic rings. The smallest absolute Gasteiger partial charge is 0.0372 e. The predicted octanol–water partition coefficient (Wildman–Crippen LogP) is 4.93. The van der Waals surface area contributed by atoms with E-state index in [1.54, 1.807) is 0 Å². The first-order valence-electron chi connectivity index (χ1n) is 7.68. The highest BCUT2D eigenvalue weighted by atomic mass is 15.0. The van der Waals surface area contributed by atoms with Crippen molar-refractivity contribution < 1.29 is 0 Å². The fraction of sp³-hybridized carbons (Fsp3) is 0.667. The molecule has 0 aliphatic heterocycles. The van der Waals surface area contributed by atoms with E-state index in [1.165, 1.54) is 36.1 Å². The highest BCUT2D eigenvalue weighted by Crippen LogP contribution is 2.65. The van der Waals surface area contributed by atoms with Crippen LogP contribution in [-0.4, -0.2) is 6.04 Å². The average molecular weight is 257 g/mol. The van der Waals surface area contributed by atoms with E-state index in [0.717, 1.165) is 5.92 Å². The van der Waals surface area contributed by atoms with Gasteiger partial charge in [0.05, 0.1) is 0 Å². The van der Waals surface area contributed by atoms with Gasteiger partial charge in [0.2, 0.25) is 0 Å². The van der Waals surface area contributed by atoms with Gasteiger partial charge in [0.15, 0.2) is 0 Å². The molecule has 104 valence electrons. The summed E-state index contributed by atoms with van der Waals surface area (Å²) >= 11 is 0. The van der Waals surface area contributed by atoms with Crippen molar-refractivity contribution in [2.75, 3.05) is 5.32 Å². The molecule has 0 saturated heterocycles. The number of hydrogen-bond acceptors (Lipinski definition) is 1. The highest BCUT2D eigenvalue weighted by molar-refractivity contribution is 5.53. The van der Waals surface area contributed by atoms with Crippen LogP contribution in [-0.2, 0) is 0 Å². The second kappa shape index (κ2) is 4.01. The van der Waals surface area contributed by atoms with E-state index in [-0.39, 0.29) is 0 Å². The summed E-state index contributed by atoms with van der Waals surface area (Å²) in [6.45, 7) is 11.8. The molecule has 2 fully saturated rings. The van der Waals surface area contributed by atoms with Gasteiger partial charge in [-0.1, -0.05) is 38.5 Å². The van der Waals surface area contributed by atoms with Crippen LogP contribution in [0.2, 0.25) is 0 Å². The van der Waals surface area contributed by atoms with Crippen LogP contribution >= 0.6 is 0 Å². The normalized spacial score (nSPS) is 35.6. The van der Waals surface area contributed by atoms with Crippen molar-refractivity contribution in [3.05, 3.63) is 29.3 Å². The molecule has 3 unspecified atom stereocenters. The lowest BCUT2D eigenvalue weighted by molar-refractivity contribution is 0.142. The topological polar surface area (TPSA) is 12.0 Å². The molecule has 2 bridgehead atoms. The summed E-state index contributed by atoms with van der Waals surface area (Å²) in [7, 11) is 0. The number of rotatable bonds is 2. The molecular weight excluding hydrogens is 230 g/mol. The van der Waals surface area contributed by atoms with E-state index in [2.05, 4.69) is 58.1 Å². The first-order valence-corrected chi connectivity index (χ1v) is 7.68. The molecule has 2 saturated carbocycles. The van der Waals surface area contributed by atoms with E-state index < -0.39 is 0 Å². The molecule has 0 spiro atoms. The van der Waals surface area contributed by atoms with E-state index in [0.29, 0.717) is 16.9 Å². The second-order valence-electron chi connectivity index (χ2n) is 7.63. The number of hydrogen-bond donors (Lipinski definition) is 1. The first kappa shape index (κ1) is 13.0. The van der Waals surface area contributed by atoms with Gasteiger partial charge in [0, 0.05) is 11.7 Å². The fourth-order valence-corrected chi connectivity index (χ4v) is 4.59. The third-order valence-corrected chi connectivity index (χ3v) is 6.51. The van der Waals surface area contributed by atoms with Gasteiger partial charge in [0.25, 0.3) is 0 Å². The molecule has 0 amide bonds. The van der Waals surface area contributed by atoms with Crippen LogP contribution in [0.25, 0.3) is 0 Å². The summed E-state index contributed by atoms with van der Waals surface area (Å²) < 4.78 is 0. The van der Waals surface area contributed by atoms with Crippen LogP contribution < -0.4 is 5.32 Å². The Labute approximate surface area is 117 Å². The lowest BCUT2D eigenvalue weighted by atomic mass is 9.69. The zero-order chi connectivity index (χ0) is 13.8. The summed E-state index contributed by atoms with van der Waals surface area (Å²) in [5, 5.41) is 3.86. The number of aryl methyl sites for hydroxylation is 2. The van der Waals surface area contributed by atoms with Crippen LogP contribution in [0.1, 0.15) is 51.2 Å². The Morgan fingerprint density at radius 1 is 1.16 bits per heavy atom. The van der Waals surface area contributed by atoms with Crippen molar-refractivity contribution in [1.82, 2.24) is 0 Å². The van der Waals surface area contributed by atoms with Gasteiger partial charge in [0.1, 0.15) is 0 Å². The molecule has 2 aliphatic carbocycles. The van der Waals surface area contributed by atoms with Crippen molar-refractivity contribution in [2.24, 2.45) is 16.7 Å². The van der Waals surface area contributed by atoms with Crippen LogP contribution in [0.15, 0.2) is 18.2 Å². The first-order chi connectivity index (χ1) is 8.84. The number of anilines is 1. The Morgan fingerprint density at radius 2 is 1.89 bits per heavy atom. The zero-order valence-electron chi connectivity index (χ0n) is 13.0. The average Bonchev–Trinajstić information content (AvgIpc) is 2.65. The maximum Gasteiger partial charge on any atom is 0.0372 e. The largest absolute Gasteiger partial charge is 0.382 e. The molecule has 3 atom stereocenters. The maximum atomic E-state index is 3.86. The molecular formula is C18H27N. The monoisotopic (exact) mass is 257 g/mol. The molecule has 1 nitrogen and oxygen atoms in total. The summed E-state index contributed by atoms with van der Waals surface area (Å²) in [6.07, 6.45) is 4.15. The Hall–Kier alpha value is -0.980. The van der Waals surface area contributed by atoms with Crippen molar-refractivity contribution in [3.8, 4) is 0 Å². The Bertz CT molecular complexity index is 502. The predicted molar refractivity (Wildman–Crippen MR) is 82.6 cm³/mol. The van der Waals surface area contributed by atoms with Crippen molar-refractivity contribution >= 4 is 5.69 Å². The van der Waals surface area contributed by atoms with Crippen LogP contribution in [0.3, 0.4) is 0 Å². The molecule has 0 heterocycles. The fourth-order valence-electron chi connectivity index (χ4n) is 4.59. The van der Waals surface area contributed by atoms with Gasteiger partial charge in [-0.15, -0.1) is 0 Å². The number of benzene rings is 1. The molecule has 19 heavy (non-hydrogen) atoms. The Kier molecular flexibility index (Phi) is 2.75. The van der Waals surface area contributed by atoms with Crippen LogP contribution in [0, 0.1) is 30.6 Å². The van der Waals surface area contributed by atoms with Gasteiger partial charge >= 0.3 is 0 Å². The van der Waals surface area contributed by atoms with E-state index in [4.69, 9.17) is 0 Å². The number of nitrogens with one attached hydrogen (secondary N) is 1. The van der Waals surface area contributed by atoms with Crippen molar-refractivity contribution in [1.29, 1.82) is 0 Å². The maximum absolute atomic E-state index is 3.86. The molecule has 1 N–H and O–H groups in total. The molecule has 2 aliphatic rings. The number of fused-ring (bicyclic) bond motifs is 2. The third kappa shape index (κ3) is 1.74. The minimum atomic E-state index is 0.453. The Balaban J connectivity index is 1.86. The van der Waals surface area contributed by atoms with Crippen molar-refractivity contribution in [2.45, 2.75) is 59.9 Å². The van der Waals surface area contributed by atoms with Crippen LogP contribution in [0.4, 0.5) is 5.69 Å². The molecule has 1 heteroatoms. The third-order valence-electron chi connectivity index (χ3n) is 6.51. The van der Waals surface area contributed by atoms with E-state index >= 15 is 0 Å². The molecule has 0 aromatic heterocycles. The minimum Gasteiger partial charge on any atom is -0.382 e. The SMILES string of the molecule is Cc1ccc(NC2CC3CCC2(C)C3(C)C)c(C)c1. The van der Waals surface area contributed by atoms with E-state index in [9.17, 15) is 0 Å². The standard InChI is InChI=1S/C18H27N/c1-12-6-7-15(13(2)10-12)19-16-11-14-8-9-18(16,5)17(14,3)4/h6-7,10,14,16,19H,8-9,11H2,1-5H3. The van der Waals surface area contributed by atoms with Gasteiger partial charge in [-0.3, -0.25) is 0 Å². The van der Waals surface area contributed by atoms with Gasteiger partial charge in [-0.05, 0) is 61.5 Å². The lowest BCUT2D eigenvalue weighted by Gasteiger charge is -2.40. The van der Waals surface area contributed by atoms with Crippen LogP contribution in [0.5, 0.6) is 0 Å². The second-order valence-corrected chi connectivity index (χ2v) is 7.63. The molecule has 3 rings (SSSR count). The summed E-state index contributed by atoms with van der Waals surface area (Å²) in [4.78, 5) is 0.